The van der Waals surface area contributed by atoms with Crippen LogP contribution in [-0.2, 0) is 9.47 Å². The van der Waals surface area contributed by atoms with Gasteiger partial charge in [0, 0.05) is 22.4 Å². The van der Waals surface area contributed by atoms with Gasteiger partial charge in [-0.25, -0.2) is 0 Å². The molecule has 0 bridgehead atoms. The quantitative estimate of drug-likeness (QED) is 0.775. The van der Waals surface area contributed by atoms with E-state index in [9.17, 15) is 4.79 Å². The van der Waals surface area contributed by atoms with Crippen LogP contribution in [0.5, 0.6) is 0 Å². The van der Waals surface area contributed by atoms with Gasteiger partial charge in [-0.3, -0.25) is 4.79 Å². The summed E-state index contributed by atoms with van der Waals surface area (Å²) in [5.74, 6) is 0.0985. The Labute approximate surface area is 118 Å². The first kappa shape index (κ1) is 14.7. The summed E-state index contributed by atoms with van der Waals surface area (Å²) >= 11 is 1.67. The lowest BCUT2D eigenvalue weighted by molar-refractivity contribution is -0.0243. The van der Waals surface area contributed by atoms with E-state index in [2.05, 4.69) is 0 Å². The van der Waals surface area contributed by atoms with E-state index < -0.39 is 0 Å². The van der Waals surface area contributed by atoms with Gasteiger partial charge >= 0.3 is 0 Å². The molecule has 0 N–H and O–H groups in total. The number of Topliss-reactive ketones (excluding diaryl/α,β-unsaturated/α-hetero) is 1. The standard InChI is InChI=1S/C15H22O3S/c1-10-7-14(11(2)19-10)15(16)9-18-13-6-4-5-12(8-13)17-3/h7,12-13H,4-6,8-9H2,1-3H3. The van der Waals surface area contributed by atoms with E-state index in [1.807, 2.05) is 19.9 Å². The summed E-state index contributed by atoms with van der Waals surface area (Å²) < 4.78 is 11.1. The van der Waals surface area contributed by atoms with Crippen molar-refractivity contribution in [2.75, 3.05) is 13.7 Å². The van der Waals surface area contributed by atoms with Crippen molar-refractivity contribution in [1.82, 2.24) is 0 Å². The zero-order valence-corrected chi connectivity index (χ0v) is 12.7. The van der Waals surface area contributed by atoms with Crippen molar-refractivity contribution in [3.8, 4) is 0 Å². The maximum atomic E-state index is 12.1. The van der Waals surface area contributed by atoms with Crippen molar-refractivity contribution in [2.24, 2.45) is 0 Å². The molecular formula is C15H22O3S. The number of methoxy groups -OCH3 is 1. The summed E-state index contributed by atoms with van der Waals surface area (Å²) in [4.78, 5) is 14.4. The molecule has 2 rings (SSSR count). The summed E-state index contributed by atoms with van der Waals surface area (Å²) in [7, 11) is 1.75. The van der Waals surface area contributed by atoms with Crippen LogP contribution < -0.4 is 0 Å². The first-order valence-corrected chi connectivity index (χ1v) is 7.66. The largest absolute Gasteiger partial charge is 0.381 e. The Bertz CT molecular complexity index is 439. The molecule has 2 unspecified atom stereocenters. The highest BCUT2D eigenvalue weighted by Gasteiger charge is 2.23. The fourth-order valence-corrected chi connectivity index (χ4v) is 3.59. The van der Waals surface area contributed by atoms with Gasteiger partial charge in [-0.2, -0.15) is 0 Å². The number of hydrogen-bond donors (Lipinski definition) is 0. The van der Waals surface area contributed by atoms with E-state index in [1.54, 1.807) is 18.4 Å². The van der Waals surface area contributed by atoms with Gasteiger partial charge in [0.2, 0.25) is 0 Å². The maximum absolute atomic E-state index is 12.1. The Kier molecular flexibility index (Phi) is 5.13. The SMILES string of the molecule is COC1CCCC(OCC(=O)c2cc(C)sc2C)C1. The molecule has 2 atom stereocenters. The lowest BCUT2D eigenvalue weighted by Crippen LogP contribution is -2.29. The molecule has 1 saturated carbocycles. The number of hydrogen-bond acceptors (Lipinski definition) is 4. The normalized spacial score (nSPS) is 23.5. The summed E-state index contributed by atoms with van der Waals surface area (Å²) in [5.41, 5.74) is 0.821. The van der Waals surface area contributed by atoms with Crippen molar-refractivity contribution in [2.45, 2.75) is 51.7 Å². The van der Waals surface area contributed by atoms with Crippen molar-refractivity contribution in [1.29, 1.82) is 0 Å². The maximum Gasteiger partial charge on any atom is 0.189 e. The van der Waals surface area contributed by atoms with Crippen LogP contribution >= 0.6 is 11.3 Å². The number of ketones is 1. The van der Waals surface area contributed by atoms with Gasteiger partial charge in [0.1, 0.15) is 6.61 Å². The van der Waals surface area contributed by atoms with Gasteiger partial charge in [-0.1, -0.05) is 0 Å². The lowest BCUT2D eigenvalue weighted by Gasteiger charge is -2.27. The highest BCUT2D eigenvalue weighted by Crippen LogP contribution is 2.24. The van der Waals surface area contributed by atoms with Gasteiger partial charge in [0.05, 0.1) is 12.2 Å². The highest BCUT2D eigenvalue weighted by molar-refractivity contribution is 7.12. The summed E-state index contributed by atoms with van der Waals surface area (Å²) in [6.45, 7) is 4.21. The molecule has 0 radical (unpaired) electrons. The van der Waals surface area contributed by atoms with Gasteiger partial charge < -0.3 is 9.47 Å². The minimum absolute atomic E-state index is 0.0985. The predicted octanol–water partition coefficient (Wildman–Crippen LogP) is 3.52. The minimum atomic E-state index is 0.0985. The molecule has 4 heteroatoms. The van der Waals surface area contributed by atoms with Crippen LogP contribution in [0.2, 0.25) is 0 Å². The predicted molar refractivity (Wildman–Crippen MR) is 77.1 cm³/mol. The van der Waals surface area contributed by atoms with Crippen LogP contribution in [-0.4, -0.2) is 31.7 Å². The Hall–Kier alpha value is -0.710. The summed E-state index contributed by atoms with van der Waals surface area (Å²) in [6.07, 6.45) is 4.63. The van der Waals surface area contributed by atoms with E-state index in [-0.39, 0.29) is 18.5 Å². The highest BCUT2D eigenvalue weighted by atomic mass is 32.1. The number of carbonyl (C=O) groups is 1. The molecule has 3 nitrogen and oxygen atoms in total. The summed E-state index contributed by atoms with van der Waals surface area (Å²) in [5, 5.41) is 0. The van der Waals surface area contributed by atoms with Gasteiger partial charge in [0.25, 0.3) is 0 Å². The molecule has 1 heterocycles. The number of rotatable bonds is 5. The second-order valence-electron chi connectivity index (χ2n) is 5.21. The Balaban J connectivity index is 1.85. The number of thiophene rings is 1. The molecule has 0 amide bonds. The third kappa shape index (κ3) is 3.88. The van der Waals surface area contributed by atoms with E-state index >= 15 is 0 Å². The van der Waals surface area contributed by atoms with Crippen molar-refractivity contribution in [3.05, 3.63) is 21.4 Å². The van der Waals surface area contributed by atoms with Crippen LogP contribution in [0.25, 0.3) is 0 Å². The topological polar surface area (TPSA) is 35.5 Å². The molecule has 19 heavy (non-hydrogen) atoms. The molecule has 1 aliphatic rings. The number of carbonyl (C=O) groups excluding carboxylic acids is 1. The second-order valence-corrected chi connectivity index (χ2v) is 6.67. The van der Waals surface area contributed by atoms with Crippen LogP contribution in [0.15, 0.2) is 6.07 Å². The Morgan fingerprint density at radius 3 is 2.74 bits per heavy atom. The van der Waals surface area contributed by atoms with Gasteiger partial charge in [0.15, 0.2) is 5.78 Å². The molecule has 0 spiro atoms. The molecule has 1 aliphatic carbocycles. The second kappa shape index (κ2) is 6.64. The van der Waals surface area contributed by atoms with E-state index in [0.717, 1.165) is 36.1 Å². The Morgan fingerprint density at radius 1 is 1.37 bits per heavy atom. The number of ether oxygens (including phenoxy) is 2. The molecule has 106 valence electrons. The van der Waals surface area contributed by atoms with E-state index in [0.29, 0.717) is 6.10 Å². The first-order chi connectivity index (χ1) is 9.10. The van der Waals surface area contributed by atoms with Crippen LogP contribution in [0.4, 0.5) is 0 Å². The smallest absolute Gasteiger partial charge is 0.189 e. The van der Waals surface area contributed by atoms with E-state index in [4.69, 9.17) is 9.47 Å². The lowest BCUT2D eigenvalue weighted by atomic mass is 9.95. The molecule has 0 aliphatic heterocycles. The molecule has 1 fully saturated rings. The van der Waals surface area contributed by atoms with Gasteiger partial charge in [-0.05, 0) is 45.6 Å². The fraction of sp³-hybridized carbons (Fsp3) is 0.667. The average Bonchev–Trinajstić information content (AvgIpc) is 2.75. The summed E-state index contributed by atoms with van der Waals surface area (Å²) in [6, 6.07) is 1.96. The van der Waals surface area contributed by atoms with E-state index in [1.165, 1.54) is 4.88 Å². The molecule has 1 aromatic heterocycles. The minimum Gasteiger partial charge on any atom is -0.381 e. The van der Waals surface area contributed by atoms with Crippen molar-refractivity contribution >= 4 is 17.1 Å². The van der Waals surface area contributed by atoms with Crippen LogP contribution in [0.3, 0.4) is 0 Å². The molecule has 0 aromatic carbocycles. The molecular weight excluding hydrogens is 260 g/mol. The third-order valence-electron chi connectivity index (χ3n) is 3.70. The zero-order valence-electron chi connectivity index (χ0n) is 11.9. The van der Waals surface area contributed by atoms with Crippen molar-refractivity contribution in [3.63, 3.8) is 0 Å². The van der Waals surface area contributed by atoms with Crippen LogP contribution in [0, 0.1) is 13.8 Å². The first-order valence-electron chi connectivity index (χ1n) is 6.84. The van der Waals surface area contributed by atoms with Crippen molar-refractivity contribution < 1.29 is 14.3 Å². The van der Waals surface area contributed by atoms with Gasteiger partial charge in [-0.15, -0.1) is 11.3 Å². The fourth-order valence-electron chi connectivity index (χ4n) is 2.65. The number of aryl methyl sites for hydroxylation is 2. The average molecular weight is 282 g/mol. The molecule has 1 aromatic rings. The van der Waals surface area contributed by atoms with Crippen LogP contribution in [0.1, 0.15) is 45.8 Å². The molecule has 0 saturated heterocycles. The zero-order chi connectivity index (χ0) is 13.8. The monoisotopic (exact) mass is 282 g/mol. The third-order valence-corrected chi connectivity index (χ3v) is 4.67. The Morgan fingerprint density at radius 2 is 2.11 bits per heavy atom.